The third-order valence-corrected chi connectivity index (χ3v) is 4.18. The van der Waals surface area contributed by atoms with E-state index in [1.807, 2.05) is 24.3 Å². The first kappa shape index (κ1) is 16.3. The van der Waals surface area contributed by atoms with Crippen LogP contribution in [0.5, 0.6) is 0 Å². The van der Waals surface area contributed by atoms with Crippen molar-refractivity contribution in [3.05, 3.63) is 35.4 Å². The van der Waals surface area contributed by atoms with Gasteiger partial charge in [0.05, 0.1) is 11.6 Å². The predicted octanol–water partition coefficient (Wildman–Crippen LogP) is 1.71. The molecule has 0 saturated carbocycles. The minimum atomic E-state index is 0.610. The Morgan fingerprint density at radius 1 is 1.36 bits per heavy atom. The van der Waals surface area contributed by atoms with Crippen molar-refractivity contribution in [1.82, 2.24) is 15.5 Å². The highest BCUT2D eigenvalue weighted by molar-refractivity contribution is 5.79. The molecule has 2 N–H and O–H groups in total. The van der Waals surface area contributed by atoms with Crippen molar-refractivity contribution in [3.63, 3.8) is 0 Å². The highest BCUT2D eigenvalue weighted by Gasteiger charge is 2.22. The van der Waals surface area contributed by atoms with Gasteiger partial charge in [-0.1, -0.05) is 19.1 Å². The van der Waals surface area contributed by atoms with Crippen molar-refractivity contribution in [2.75, 3.05) is 26.7 Å². The molecule has 1 atom stereocenters. The molecule has 1 aromatic rings. The van der Waals surface area contributed by atoms with E-state index in [1.54, 1.807) is 7.05 Å². The Balaban J connectivity index is 1.78. The van der Waals surface area contributed by atoms with Gasteiger partial charge in [-0.05, 0) is 43.6 Å². The summed E-state index contributed by atoms with van der Waals surface area (Å²) in [5.41, 5.74) is 1.82. The minimum Gasteiger partial charge on any atom is -0.355 e. The molecule has 118 valence electrons. The van der Waals surface area contributed by atoms with Gasteiger partial charge in [0, 0.05) is 26.2 Å². The number of nitrogens with zero attached hydrogens (tertiary/aromatic N) is 3. The zero-order valence-electron chi connectivity index (χ0n) is 13.5. The van der Waals surface area contributed by atoms with E-state index >= 15 is 0 Å². The lowest BCUT2D eigenvalue weighted by Gasteiger charge is -2.24. The molecule has 22 heavy (non-hydrogen) atoms. The maximum atomic E-state index is 8.80. The van der Waals surface area contributed by atoms with Crippen LogP contribution in [-0.4, -0.2) is 43.6 Å². The Hall–Kier alpha value is -2.06. The van der Waals surface area contributed by atoms with Gasteiger partial charge in [-0.15, -0.1) is 0 Å². The first-order valence-corrected chi connectivity index (χ1v) is 7.94. The summed E-state index contributed by atoms with van der Waals surface area (Å²) in [6.07, 6.45) is 2.55. The fourth-order valence-electron chi connectivity index (χ4n) is 2.86. The van der Waals surface area contributed by atoms with Crippen LogP contribution in [0.15, 0.2) is 29.3 Å². The van der Waals surface area contributed by atoms with Gasteiger partial charge in [0.15, 0.2) is 5.96 Å². The monoisotopic (exact) mass is 299 g/mol. The van der Waals surface area contributed by atoms with Crippen molar-refractivity contribution in [1.29, 1.82) is 5.26 Å². The van der Waals surface area contributed by atoms with E-state index < -0.39 is 0 Å². The van der Waals surface area contributed by atoms with E-state index in [-0.39, 0.29) is 0 Å². The van der Waals surface area contributed by atoms with Crippen LogP contribution < -0.4 is 10.6 Å². The minimum absolute atomic E-state index is 0.610. The number of guanidine groups is 1. The quantitative estimate of drug-likeness (QED) is 0.642. The number of benzene rings is 1. The normalized spacial score (nSPS) is 19.0. The lowest BCUT2D eigenvalue weighted by atomic mass is 10.1. The molecular formula is C17H25N5. The molecule has 1 heterocycles. The summed E-state index contributed by atoms with van der Waals surface area (Å²) in [6.45, 7) is 6.18. The van der Waals surface area contributed by atoms with E-state index in [0.29, 0.717) is 18.2 Å². The fourth-order valence-corrected chi connectivity index (χ4v) is 2.86. The number of hydrogen-bond acceptors (Lipinski definition) is 3. The van der Waals surface area contributed by atoms with Crippen molar-refractivity contribution < 1.29 is 0 Å². The predicted molar refractivity (Wildman–Crippen MR) is 89.6 cm³/mol. The van der Waals surface area contributed by atoms with E-state index in [2.05, 4.69) is 33.5 Å². The fraction of sp³-hybridized carbons (Fsp3) is 0.529. The third kappa shape index (κ3) is 4.47. The Labute approximate surface area is 133 Å². The van der Waals surface area contributed by atoms with Gasteiger partial charge >= 0.3 is 0 Å². The zero-order chi connectivity index (χ0) is 15.8. The lowest BCUT2D eigenvalue weighted by molar-refractivity contribution is 0.267. The van der Waals surface area contributed by atoms with Gasteiger partial charge in [0.2, 0.25) is 0 Å². The van der Waals surface area contributed by atoms with Crippen LogP contribution in [-0.2, 0) is 6.54 Å². The van der Waals surface area contributed by atoms with Crippen LogP contribution in [0.25, 0.3) is 0 Å². The Kier molecular flexibility index (Phi) is 6.23. The highest BCUT2D eigenvalue weighted by atomic mass is 15.2. The summed E-state index contributed by atoms with van der Waals surface area (Å²) in [6, 6.07) is 10.4. The Morgan fingerprint density at radius 3 is 2.77 bits per heavy atom. The second-order valence-electron chi connectivity index (χ2n) is 5.54. The summed E-state index contributed by atoms with van der Waals surface area (Å²) in [7, 11) is 1.79. The number of nitriles is 1. The molecule has 1 aromatic carbocycles. The first-order valence-electron chi connectivity index (χ1n) is 7.94. The van der Waals surface area contributed by atoms with Gasteiger partial charge in [0.25, 0.3) is 0 Å². The summed E-state index contributed by atoms with van der Waals surface area (Å²) in [5, 5.41) is 15.5. The van der Waals surface area contributed by atoms with Crippen LogP contribution in [0.4, 0.5) is 0 Å². The van der Waals surface area contributed by atoms with Crippen LogP contribution in [0.2, 0.25) is 0 Å². The molecule has 1 aliphatic rings. The van der Waals surface area contributed by atoms with Crippen molar-refractivity contribution >= 4 is 5.96 Å². The van der Waals surface area contributed by atoms with E-state index in [0.717, 1.165) is 24.6 Å². The van der Waals surface area contributed by atoms with E-state index in [1.165, 1.54) is 19.4 Å². The smallest absolute Gasteiger partial charge is 0.191 e. The lowest BCUT2D eigenvalue weighted by Crippen LogP contribution is -2.44. The van der Waals surface area contributed by atoms with Gasteiger partial charge in [0.1, 0.15) is 0 Å². The highest BCUT2D eigenvalue weighted by Crippen LogP contribution is 2.15. The van der Waals surface area contributed by atoms with E-state index in [4.69, 9.17) is 5.26 Å². The Bertz CT molecular complexity index is 529. The van der Waals surface area contributed by atoms with Crippen LogP contribution >= 0.6 is 0 Å². The Morgan fingerprint density at radius 2 is 2.14 bits per heavy atom. The molecule has 0 amide bonds. The molecular weight excluding hydrogens is 274 g/mol. The number of hydrogen-bond donors (Lipinski definition) is 2. The average Bonchev–Trinajstić information content (AvgIpc) is 3.03. The molecule has 0 radical (unpaired) electrons. The maximum absolute atomic E-state index is 8.80. The third-order valence-electron chi connectivity index (χ3n) is 4.18. The van der Waals surface area contributed by atoms with Crippen molar-refractivity contribution in [2.24, 2.45) is 4.99 Å². The molecule has 0 aliphatic carbocycles. The molecule has 2 rings (SSSR count). The molecule has 1 aliphatic heterocycles. The number of likely N-dealkylation sites (tertiary alicyclic amines) is 1. The summed E-state index contributed by atoms with van der Waals surface area (Å²) in [4.78, 5) is 6.79. The molecule has 0 aromatic heterocycles. The number of nitrogens with one attached hydrogen (secondary N) is 2. The average molecular weight is 299 g/mol. The molecule has 5 heteroatoms. The second-order valence-corrected chi connectivity index (χ2v) is 5.54. The first-order chi connectivity index (χ1) is 10.8. The zero-order valence-corrected chi connectivity index (χ0v) is 13.5. The maximum Gasteiger partial charge on any atom is 0.191 e. The van der Waals surface area contributed by atoms with Crippen molar-refractivity contribution in [3.8, 4) is 6.07 Å². The topological polar surface area (TPSA) is 63.4 Å². The van der Waals surface area contributed by atoms with Crippen LogP contribution in [0, 0.1) is 11.3 Å². The van der Waals surface area contributed by atoms with Gasteiger partial charge in [-0.2, -0.15) is 5.26 Å². The number of aliphatic imine (C=N–C) groups is 1. The molecule has 0 bridgehead atoms. The van der Waals surface area contributed by atoms with Crippen LogP contribution in [0.3, 0.4) is 0 Å². The molecule has 0 spiro atoms. The molecule has 1 saturated heterocycles. The molecule has 1 unspecified atom stereocenters. The van der Waals surface area contributed by atoms with Gasteiger partial charge in [-0.25, -0.2) is 0 Å². The van der Waals surface area contributed by atoms with Gasteiger partial charge < -0.3 is 10.6 Å². The molecule has 5 nitrogen and oxygen atoms in total. The largest absolute Gasteiger partial charge is 0.355 e. The van der Waals surface area contributed by atoms with Gasteiger partial charge in [-0.3, -0.25) is 9.89 Å². The summed E-state index contributed by atoms with van der Waals surface area (Å²) in [5.74, 6) is 0.826. The SMILES string of the molecule is CCN1CCCC1CNC(=NC)NCc1ccc(C#N)cc1. The van der Waals surface area contributed by atoms with E-state index in [9.17, 15) is 0 Å². The standard InChI is InChI=1S/C17H25N5/c1-3-22-10-4-5-16(22)13-21-17(19-2)20-12-15-8-6-14(11-18)7-9-15/h6-9,16H,3-5,10,12-13H2,1-2H3,(H2,19,20,21). The summed E-state index contributed by atoms with van der Waals surface area (Å²) >= 11 is 0. The number of rotatable bonds is 5. The molecule has 1 fully saturated rings. The number of likely N-dealkylation sites (N-methyl/N-ethyl adjacent to an activating group) is 1. The summed E-state index contributed by atoms with van der Waals surface area (Å²) < 4.78 is 0. The second kappa shape index (κ2) is 8.40. The van der Waals surface area contributed by atoms with Crippen LogP contribution in [0.1, 0.15) is 30.9 Å². The van der Waals surface area contributed by atoms with Crippen molar-refractivity contribution in [2.45, 2.75) is 32.4 Å².